The van der Waals surface area contributed by atoms with Gasteiger partial charge in [-0.3, -0.25) is 9.69 Å². The predicted molar refractivity (Wildman–Crippen MR) is 132 cm³/mol. The number of allylic oxidation sites excluding steroid dienone is 2. The average Bonchev–Trinajstić information content (AvgIpc) is 3.13. The van der Waals surface area contributed by atoms with Crippen LogP contribution in [0.4, 0.5) is 20.6 Å². The molecule has 0 saturated carbocycles. The first-order valence-corrected chi connectivity index (χ1v) is 12.1. The fourth-order valence-electron chi connectivity index (χ4n) is 4.61. The lowest BCUT2D eigenvalue weighted by Gasteiger charge is -2.30. The van der Waals surface area contributed by atoms with Crippen LogP contribution in [0.15, 0.2) is 41.5 Å². The zero-order chi connectivity index (χ0) is 25.8. The Balaban J connectivity index is 1.38. The lowest BCUT2D eigenvalue weighted by atomic mass is 9.98. The SMILES string of the molecule is CC(=O)NC[C@H]1CN(c2ccc(N3CCN(C)N(CC4=CC=C(C(=O)O)CC4)CC3)c(F)c2)C(=O)O1. The van der Waals surface area contributed by atoms with Crippen molar-refractivity contribution in [3.8, 4) is 0 Å². The van der Waals surface area contributed by atoms with Crippen molar-refractivity contribution < 1.29 is 28.6 Å². The van der Waals surface area contributed by atoms with Crippen LogP contribution in [0.25, 0.3) is 0 Å². The smallest absolute Gasteiger partial charge is 0.414 e. The molecule has 2 saturated heterocycles. The van der Waals surface area contributed by atoms with E-state index in [-0.39, 0.29) is 19.0 Å². The van der Waals surface area contributed by atoms with E-state index in [4.69, 9.17) is 9.84 Å². The summed E-state index contributed by atoms with van der Waals surface area (Å²) in [6.45, 7) is 5.19. The van der Waals surface area contributed by atoms with E-state index in [1.807, 2.05) is 18.0 Å². The van der Waals surface area contributed by atoms with Gasteiger partial charge in [0, 0.05) is 52.3 Å². The number of nitrogens with zero attached hydrogens (tertiary/aromatic N) is 4. The van der Waals surface area contributed by atoms with Crippen LogP contribution in [0.2, 0.25) is 0 Å². The summed E-state index contributed by atoms with van der Waals surface area (Å²) in [6.07, 6.45) is 3.77. The number of ether oxygens (including phenoxy) is 1. The third kappa shape index (κ3) is 6.03. The van der Waals surface area contributed by atoms with E-state index in [2.05, 4.69) is 15.3 Å². The summed E-state index contributed by atoms with van der Waals surface area (Å²) in [4.78, 5) is 37.9. The van der Waals surface area contributed by atoms with Crippen molar-refractivity contribution in [3.05, 3.63) is 47.3 Å². The van der Waals surface area contributed by atoms with Crippen LogP contribution >= 0.6 is 0 Å². The summed E-state index contributed by atoms with van der Waals surface area (Å²) >= 11 is 0. The molecule has 0 bridgehead atoms. The number of cyclic esters (lactones) is 1. The quantitative estimate of drug-likeness (QED) is 0.585. The van der Waals surface area contributed by atoms with Gasteiger partial charge in [-0.05, 0) is 31.0 Å². The molecule has 2 aliphatic heterocycles. The molecule has 2 amide bonds. The Labute approximate surface area is 209 Å². The number of hydrogen-bond acceptors (Lipinski definition) is 7. The number of carbonyl (C=O) groups excluding carboxylic acids is 2. The van der Waals surface area contributed by atoms with Gasteiger partial charge in [0.2, 0.25) is 5.91 Å². The second-order valence-corrected chi connectivity index (χ2v) is 9.27. The fourth-order valence-corrected chi connectivity index (χ4v) is 4.61. The van der Waals surface area contributed by atoms with Gasteiger partial charge in [0.05, 0.1) is 24.5 Å². The predicted octanol–water partition coefficient (Wildman–Crippen LogP) is 1.99. The third-order valence-corrected chi connectivity index (χ3v) is 6.74. The molecule has 1 aromatic carbocycles. The lowest BCUT2D eigenvalue weighted by molar-refractivity contribution is -0.132. The molecule has 36 heavy (non-hydrogen) atoms. The van der Waals surface area contributed by atoms with E-state index in [0.29, 0.717) is 62.5 Å². The number of halogens is 1. The molecule has 0 radical (unpaired) electrons. The standard InChI is InChI=1S/C25H32FN5O5/c1-17(32)27-14-21-16-31(25(35)36-21)20-7-8-23(22(26)13-20)29-10-9-28(2)30(12-11-29)15-18-3-5-19(6-4-18)24(33)34/h3,5,7-8,13,21H,4,6,9-12,14-16H2,1-2H3,(H,27,32)(H,33,34)/t21-/m0/s1. The van der Waals surface area contributed by atoms with Gasteiger partial charge >= 0.3 is 12.1 Å². The Bertz CT molecular complexity index is 1090. The van der Waals surface area contributed by atoms with E-state index in [0.717, 1.165) is 0 Å². The Morgan fingerprint density at radius 2 is 1.94 bits per heavy atom. The van der Waals surface area contributed by atoms with E-state index in [1.54, 1.807) is 18.2 Å². The van der Waals surface area contributed by atoms with Crippen LogP contribution in [0.5, 0.6) is 0 Å². The monoisotopic (exact) mass is 501 g/mol. The summed E-state index contributed by atoms with van der Waals surface area (Å²) in [5.41, 5.74) is 2.49. The van der Waals surface area contributed by atoms with Gasteiger partial charge in [0.25, 0.3) is 0 Å². The first-order chi connectivity index (χ1) is 17.2. The Hall–Kier alpha value is -3.44. The molecule has 3 aliphatic rings. The zero-order valence-electron chi connectivity index (χ0n) is 20.6. The summed E-state index contributed by atoms with van der Waals surface area (Å²) < 4.78 is 20.5. The molecule has 0 unspecified atom stereocenters. The number of amides is 2. The second kappa shape index (κ2) is 11.1. The van der Waals surface area contributed by atoms with Crippen LogP contribution in [0.3, 0.4) is 0 Å². The van der Waals surface area contributed by atoms with Crippen molar-refractivity contribution >= 4 is 29.3 Å². The highest BCUT2D eigenvalue weighted by atomic mass is 19.1. The molecule has 2 N–H and O–H groups in total. The molecule has 2 heterocycles. The third-order valence-electron chi connectivity index (χ3n) is 6.74. The van der Waals surface area contributed by atoms with Gasteiger partial charge in [-0.15, -0.1) is 0 Å². The van der Waals surface area contributed by atoms with Crippen LogP contribution in [-0.4, -0.2) is 92.1 Å². The zero-order valence-corrected chi connectivity index (χ0v) is 20.6. The van der Waals surface area contributed by atoms with Gasteiger partial charge < -0.3 is 20.1 Å². The molecule has 11 heteroatoms. The number of anilines is 2. The molecule has 0 spiro atoms. The first-order valence-electron chi connectivity index (χ1n) is 12.1. The van der Waals surface area contributed by atoms with Crippen LogP contribution in [-0.2, 0) is 14.3 Å². The highest BCUT2D eigenvalue weighted by Crippen LogP contribution is 2.29. The Morgan fingerprint density at radius 3 is 2.61 bits per heavy atom. The maximum atomic E-state index is 15.2. The number of rotatable bonds is 7. The molecule has 1 aliphatic carbocycles. The van der Waals surface area contributed by atoms with E-state index in [9.17, 15) is 14.4 Å². The highest BCUT2D eigenvalue weighted by molar-refractivity contribution is 5.90. The van der Waals surface area contributed by atoms with E-state index in [1.165, 1.54) is 23.5 Å². The highest BCUT2D eigenvalue weighted by Gasteiger charge is 2.33. The van der Waals surface area contributed by atoms with Gasteiger partial charge in [-0.25, -0.2) is 24.0 Å². The number of carboxylic acids is 1. The Kier molecular flexibility index (Phi) is 7.90. The Morgan fingerprint density at radius 1 is 1.17 bits per heavy atom. The maximum absolute atomic E-state index is 15.2. The van der Waals surface area contributed by atoms with E-state index < -0.39 is 24.0 Å². The van der Waals surface area contributed by atoms with Crippen molar-refractivity contribution in [1.29, 1.82) is 0 Å². The topological polar surface area (TPSA) is 106 Å². The number of hydrogen-bond donors (Lipinski definition) is 2. The molecular formula is C25H32FN5O5. The molecule has 4 rings (SSSR count). The van der Waals surface area contributed by atoms with Crippen molar-refractivity contribution in [2.24, 2.45) is 0 Å². The summed E-state index contributed by atoms with van der Waals surface area (Å²) in [5.74, 6) is -1.49. The normalized spacial score (nSPS) is 21.5. The summed E-state index contributed by atoms with van der Waals surface area (Å²) in [7, 11) is 2.00. The van der Waals surface area contributed by atoms with Gasteiger partial charge in [-0.1, -0.05) is 17.7 Å². The number of likely N-dealkylation sites (N-methyl/N-ethyl adjacent to an activating group) is 1. The second-order valence-electron chi connectivity index (χ2n) is 9.27. The fraction of sp³-hybridized carbons (Fsp3) is 0.480. The number of nitrogens with one attached hydrogen (secondary N) is 1. The van der Waals surface area contributed by atoms with Gasteiger partial charge in [0.15, 0.2) is 0 Å². The minimum Gasteiger partial charge on any atom is -0.478 e. The van der Waals surface area contributed by atoms with Crippen LogP contribution < -0.4 is 15.1 Å². The van der Waals surface area contributed by atoms with Gasteiger partial charge in [0.1, 0.15) is 11.9 Å². The first kappa shape index (κ1) is 25.6. The number of hydrazine groups is 1. The molecule has 2 fully saturated rings. The molecule has 1 aromatic rings. The van der Waals surface area contributed by atoms with Gasteiger partial charge in [-0.2, -0.15) is 0 Å². The molecule has 194 valence electrons. The lowest BCUT2D eigenvalue weighted by Crippen LogP contribution is -2.42. The molecule has 10 nitrogen and oxygen atoms in total. The van der Waals surface area contributed by atoms with Crippen LogP contribution in [0.1, 0.15) is 19.8 Å². The largest absolute Gasteiger partial charge is 0.478 e. The van der Waals surface area contributed by atoms with Crippen molar-refractivity contribution in [3.63, 3.8) is 0 Å². The van der Waals surface area contributed by atoms with Crippen molar-refractivity contribution in [2.45, 2.75) is 25.9 Å². The number of carbonyl (C=O) groups is 3. The number of aliphatic carboxylic acids is 1. The number of carboxylic acid groups (broad SMARTS) is 1. The van der Waals surface area contributed by atoms with Crippen molar-refractivity contribution in [1.82, 2.24) is 15.3 Å². The summed E-state index contributed by atoms with van der Waals surface area (Å²) in [6, 6.07) is 4.76. The minimum atomic E-state index is -0.868. The van der Waals surface area contributed by atoms with E-state index >= 15 is 4.39 Å². The average molecular weight is 502 g/mol. The molecule has 0 aromatic heterocycles. The molecular weight excluding hydrogens is 469 g/mol. The maximum Gasteiger partial charge on any atom is 0.414 e. The van der Waals surface area contributed by atoms with Crippen molar-refractivity contribution in [2.75, 3.05) is 62.7 Å². The van der Waals surface area contributed by atoms with Crippen LogP contribution in [0, 0.1) is 5.82 Å². The number of benzene rings is 1. The summed E-state index contributed by atoms with van der Waals surface area (Å²) in [5, 5.41) is 16.1. The minimum absolute atomic E-state index is 0.207. The molecule has 1 atom stereocenters.